The van der Waals surface area contributed by atoms with Crippen LogP contribution in [-0.4, -0.2) is 33.1 Å². The van der Waals surface area contributed by atoms with E-state index in [0.29, 0.717) is 24.2 Å². The minimum atomic E-state index is -0.228. The maximum atomic E-state index is 12.6. The number of benzene rings is 2. The standard InChI is InChI=1S/C19H17N5O2/c25-18-6-3-11-23(18)17-5-2-1-4-16(17)22-19(26)14-7-9-15(10-8-14)24-13-20-12-21-24/h1-2,4-5,7-10,12-13H,3,6,11H2,(H,22,26). The third-order valence-corrected chi connectivity index (χ3v) is 4.33. The molecule has 1 fully saturated rings. The van der Waals surface area contributed by atoms with E-state index < -0.39 is 0 Å². The van der Waals surface area contributed by atoms with E-state index in [9.17, 15) is 9.59 Å². The molecule has 1 N–H and O–H groups in total. The lowest BCUT2D eigenvalue weighted by molar-refractivity contribution is -0.117. The molecule has 1 aliphatic rings. The molecule has 4 rings (SSSR count). The smallest absolute Gasteiger partial charge is 0.255 e. The number of aromatic nitrogens is 3. The Labute approximate surface area is 150 Å². The van der Waals surface area contributed by atoms with Crippen molar-refractivity contribution in [1.29, 1.82) is 0 Å². The van der Waals surface area contributed by atoms with Gasteiger partial charge in [-0.3, -0.25) is 9.59 Å². The van der Waals surface area contributed by atoms with Crippen LogP contribution in [0.5, 0.6) is 0 Å². The Kier molecular flexibility index (Phi) is 4.18. The normalized spacial score (nSPS) is 13.8. The second-order valence-electron chi connectivity index (χ2n) is 6.01. The molecule has 2 aromatic carbocycles. The second kappa shape index (κ2) is 6.79. The van der Waals surface area contributed by atoms with E-state index in [1.807, 2.05) is 24.3 Å². The lowest BCUT2D eigenvalue weighted by Gasteiger charge is -2.20. The van der Waals surface area contributed by atoms with Gasteiger partial charge in [-0.25, -0.2) is 9.67 Å². The molecule has 1 aliphatic heterocycles. The third kappa shape index (κ3) is 3.06. The van der Waals surface area contributed by atoms with Crippen molar-refractivity contribution in [3.63, 3.8) is 0 Å². The SMILES string of the molecule is O=C(Nc1ccccc1N1CCCC1=O)c1ccc(-n2cncn2)cc1. The summed E-state index contributed by atoms with van der Waals surface area (Å²) >= 11 is 0. The van der Waals surface area contributed by atoms with Gasteiger partial charge in [0, 0.05) is 18.5 Å². The average molecular weight is 347 g/mol. The third-order valence-electron chi connectivity index (χ3n) is 4.33. The van der Waals surface area contributed by atoms with Gasteiger partial charge in [0.2, 0.25) is 5.91 Å². The monoisotopic (exact) mass is 347 g/mol. The van der Waals surface area contributed by atoms with Gasteiger partial charge in [0.1, 0.15) is 12.7 Å². The fraction of sp³-hybridized carbons (Fsp3) is 0.158. The molecule has 0 aliphatic carbocycles. The summed E-state index contributed by atoms with van der Waals surface area (Å²) < 4.78 is 1.62. The summed E-state index contributed by atoms with van der Waals surface area (Å²) in [5, 5.41) is 6.97. The second-order valence-corrected chi connectivity index (χ2v) is 6.01. The Morgan fingerprint density at radius 3 is 2.58 bits per heavy atom. The number of carbonyl (C=O) groups excluding carboxylic acids is 2. The van der Waals surface area contributed by atoms with E-state index in [0.717, 1.165) is 17.8 Å². The summed E-state index contributed by atoms with van der Waals surface area (Å²) in [6, 6.07) is 14.4. The minimum Gasteiger partial charge on any atom is -0.320 e. The van der Waals surface area contributed by atoms with Gasteiger partial charge >= 0.3 is 0 Å². The van der Waals surface area contributed by atoms with E-state index in [4.69, 9.17) is 0 Å². The number of hydrogen-bond donors (Lipinski definition) is 1. The first-order valence-electron chi connectivity index (χ1n) is 8.38. The molecule has 0 atom stereocenters. The molecule has 0 spiro atoms. The fourth-order valence-corrected chi connectivity index (χ4v) is 3.02. The number of nitrogens with zero attached hydrogens (tertiary/aromatic N) is 4. The summed E-state index contributed by atoms with van der Waals surface area (Å²) in [5.74, 6) is -0.141. The van der Waals surface area contributed by atoms with Crippen molar-refractivity contribution in [2.45, 2.75) is 12.8 Å². The van der Waals surface area contributed by atoms with Crippen LogP contribution in [0.3, 0.4) is 0 Å². The number of nitrogens with one attached hydrogen (secondary N) is 1. The molecule has 0 saturated carbocycles. The van der Waals surface area contributed by atoms with Gasteiger partial charge in [-0.1, -0.05) is 12.1 Å². The van der Waals surface area contributed by atoms with Crippen molar-refractivity contribution in [3.8, 4) is 5.69 Å². The number of amides is 2. The molecule has 0 unspecified atom stereocenters. The highest BCUT2D eigenvalue weighted by atomic mass is 16.2. The highest BCUT2D eigenvalue weighted by Gasteiger charge is 2.24. The summed E-state index contributed by atoms with van der Waals surface area (Å²) in [6.45, 7) is 0.679. The molecule has 130 valence electrons. The highest BCUT2D eigenvalue weighted by molar-refractivity contribution is 6.08. The molecule has 3 aromatic rings. The first-order valence-corrected chi connectivity index (χ1v) is 8.38. The van der Waals surface area contributed by atoms with E-state index in [-0.39, 0.29) is 11.8 Å². The van der Waals surface area contributed by atoms with Crippen molar-refractivity contribution < 1.29 is 9.59 Å². The molecule has 1 aromatic heterocycles. The molecule has 2 amide bonds. The van der Waals surface area contributed by atoms with Crippen LogP contribution in [0.1, 0.15) is 23.2 Å². The van der Waals surface area contributed by atoms with Gasteiger partial charge in [-0.15, -0.1) is 0 Å². The Balaban J connectivity index is 1.54. The summed E-state index contributed by atoms with van der Waals surface area (Å²) in [7, 11) is 0. The lowest BCUT2D eigenvalue weighted by atomic mass is 10.1. The number of rotatable bonds is 4. The molecular formula is C19H17N5O2. The molecule has 7 nitrogen and oxygen atoms in total. The van der Waals surface area contributed by atoms with Gasteiger partial charge in [0.15, 0.2) is 0 Å². The zero-order valence-corrected chi connectivity index (χ0v) is 14.0. The Bertz CT molecular complexity index is 935. The van der Waals surface area contributed by atoms with Crippen molar-refractivity contribution >= 4 is 23.2 Å². The Morgan fingerprint density at radius 2 is 1.88 bits per heavy atom. The molecule has 7 heteroatoms. The van der Waals surface area contributed by atoms with Crippen molar-refractivity contribution in [3.05, 3.63) is 66.7 Å². The molecule has 0 bridgehead atoms. The van der Waals surface area contributed by atoms with Crippen molar-refractivity contribution in [2.75, 3.05) is 16.8 Å². The predicted octanol–water partition coefficient (Wildman–Crippen LogP) is 2.65. The minimum absolute atomic E-state index is 0.0869. The van der Waals surface area contributed by atoms with Crippen molar-refractivity contribution in [2.24, 2.45) is 0 Å². The van der Waals surface area contributed by atoms with Gasteiger partial charge in [0.05, 0.1) is 17.1 Å². The largest absolute Gasteiger partial charge is 0.320 e. The van der Waals surface area contributed by atoms with Gasteiger partial charge < -0.3 is 10.2 Å². The summed E-state index contributed by atoms with van der Waals surface area (Å²) in [6.07, 6.45) is 4.44. The van der Waals surface area contributed by atoms with E-state index in [2.05, 4.69) is 15.4 Å². The summed E-state index contributed by atoms with van der Waals surface area (Å²) in [4.78, 5) is 30.3. The quantitative estimate of drug-likeness (QED) is 0.787. The molecule has 2 heterocycles. The van der Waals surface area contributed by atoms with Crippen LogP contribution in [0, 0.1) is 0 Å². The van der Waals surface area contributed by atoms with Crippen LogP contribution < -0.4 is 10.2 Å². The van der Waals surface area contributed by atoms with Crippen LogP contribution in [0.2, 0.25) is 0 Å². The van der Waals surface area contributed by atoms with Crippen molar-refractivity contribution in [1.82, 2.24) is 14.8 Å². The van der Waals surface area contributed by atoms with E-state index in [1.54, 1.807) is 40.2 Å². The molecule has 26 heavy (non-hydrogen) atoms. The van der Waals surface area contributed by atoms with Gasteiger partial charge in [-0.2, -0.15) is 5.10 Å². The van der Waals surface area contributed by atoms with Crippen LogP contribution in [-0.2, 0) is 4.79 Å². The molecular weight excluding hydrogens is 330 g/mol. The van der Waals surface area contributed by atoms with Crippen LogP contribution in [0.15, 0.2) is 61.2 Å². The lowest BCUT2D eigenvalue weighted by Crippen LogP contribution is -2.25. The van der Waals surface area contributed by atoms with Gasteiger partial charge in [0.25, 0.3) is 5.91 Å². The van der Waals surface area contributed by atoms with Gasteiger partial charge in [-0.05, 0) is 42.8 Å². The maximum absolute atomic E-state index is 12.6. The van der Waals surface area contributed by atoms with Crippen LogP contribution in [0.25, 0.3) is 5.69 Å². The molecule has 0 radical (unpaired) electrons. The van der Waals surface area contributed by atoms with E-state index in [1.165, 1.54) is 6.33 Å². The first kappa shape index (κ1) is 16.0. The predicted molar refractivity (Wildman–Crippen MR) is 97.3 cm³/mol. The number of carbonyl (C=O) groups is 2. The first-order chi connectivity index (χ1) is 12.7. The van der Waals surface area contributed by atoms with E-state index >= 15 is 0 Å². The van der Waals surface area contributed by atoms with Crippen LogP contribution >= 0.6 is 0 Å². The van der Waals surface area contributed by atoms with Crippen LogP contribution in [0.4, 0.5) is 11.4 Å². The molecule has 1 saturated heterocycles. The zero-order valence-electron chi connectivity index (χ0n) is 14.0. The Morgan fingerprint density at radius 1 is 1.08 bits per heavy atom. The topological polar surface area (TPSA) is 80.1 Å². The fourth-order valence-electron chi connectivity index (χ4n) is 3.02. The summed E-state index contributed by atoms with van der Waals surface area (Å²) in [5.41, 5.74) is 2.72. The number of anilines is 2. The highest BCUT2D eigenvalue weighted by Crippen LogP contribution is 2.29. The number of hydrogen-bond acceptors (Lipinski definition) is 4. The zero-order chi connectivity index (χ0) is 17.9. The average Bonchev–Trinajstić information content (AvgIpc) is 3.34. The number of para-hydroxylation sites is 2. The maximum Gasteiger partial charge on any atom is 0.255 e. The Hall–Kier alpha value is -3.48.